The van der Waals surface area contributed by atoms with Crippen molar-refractivity contribution in [3.8, 4) is 11.5 Å². The number of hydrogen-bond acceptors (Lipinski definition) is 5. The molecule has 0 bridgehead atoms. The maximum atomic E-state index is 12.0. The van der Waals surface area contributed by atoms with E-state index in [1.165, 1.54) is 7.11 Å². The number of esters is 1. The van der Waals surface area contributed by atoms with E-state index in [1.54, 1.807) is 18.2 Å². The largest absolute Gasteiger partial charge is 0.495 e. The summed E-state index contributed by atoms with van der Waals surface area (Å²) in [7, 11) is 1.48. The van der Waals surface area contributed by atoms with Crippen molar-refractivity contribution in [1.82, 2.24) is 0 Å². The summed E-state index contributed by atoms with van der Waals surface area (Å²) in [4.78, 5) is 23.7. The number of aryl methyl sites for hydroxylation is 2. The van der Waals surface area contributed by atoms with Crippen molar-refractivity contribution in [2.75, 3.05) is 25.6 Å². The molecule has 0 saturated heterocycles. The van der Waals surface area contributed by atoms with E-state index in [0.29, 0.717) is 16.5 Å². The molecule has 2 aromatic rings. The third-order valence-electron chi connectivity index (χ3n) is 3.71. The highest BCUT2D eigenvalue weighted by Crippen LogP contribution is 2.27. The van der Waals surface area contributed by atoms with E-state index in [1.807, 2.05) is 32.0 Å². The van der Waals surface area contributed by atoms with Crippen molar-refractivity contribution in [3.63, 3.8) is 0 Å². The molecule has 0 aliphatic rings. The Kier molecular flexibility index (Phi) is 7.49. The van der Waals surface area contributed by atoms with Crippen molar-refractivity contribution in [2.24, 2.45) is 0 Å². The molecule has 0 aromatic heterocycles. The number of carbonyl (C=O) groups excluding carboxylic acids is 2. The summed E-state index contributed by atoms with van der Waals surface area (Å²) in [5.74, 6) is 0.183. The summed E-state index contributed by atoms with van der Waals surface area (Å²) >= 11 is 5.91. The Morgan fingerprint density at radius 2 is 1.85 bits per heavy atom. The second-order valence-corrected chi connectivity index (χ2v) is 6.36. The second-order valence-electron chi connectivity index (χ2n) is 5.92. The minimum absolute atomic E-state index is 0.0428. The molecule has 0 spiro atoms. The number of amides is 1. The maximum absolute atomic E-state index is 12.0. The predicted octanol–water partition coefficient (Wildman–Crippen LogP) is 3.92. The van der Waals surface area contributed by atoms with Gasteiger partial charge in [-0.2, -0.15) is 0 Å². The van der Waals surface area contributed by atoms with Crippen LogP contribution in [0.1, 0.15) is 17.5 Å². The van der Waals surface area contributed by atoms with Gasteiger partial charge < -0.3 is 19.5 Å². The highest BCUT2D eigenvalue weighted by molar-refractivity contribution is 6.31. The Hall–Kier alpha value is -2.73. The summed E-state index contributed by atoms with van der Waals surface area (Å²) in [6.07, 6.45) is 0.0428. The van der Waals surface area contributed by atoms with Gasteiger partial charge in [-0.3, -0.25) is 9.59 Å². The molecule has 2 rings (SSSR count). The van der Waals surface area contributed by atoms with Crippen LogP contribution in [0.5, 0.6) is 11.5 Å². The number of methoxy groups -OCH3 is 1. The van der Waals surface area contributed by atoms with E-state index in [4.69, 9.17) is 25.8 Å². The van der Waals surface area contributed by atoms with E-state index in [9.17, 15) is 9.59 Å². The van der Waals surface area contributed by atoms with Gasteiger partial charge in [0.25, 0.3) is 5.91 Å². The highest BCUT2D eigenvalue weighted by atomic mass is 35.5. The van der Waals surface area contributed by atoms with Crippen molar-refractivity contribution in [2.45, 2.75) is 20.3 Å². The minimum atomic E-state index is -0.520. The first kappa shape index (κ1) is 20.6. The van der Waals surface area contributed by atoms with E-state index < -0.39 is 18.5 Å². The Morgan fingerprint density at radius 3 is 2.59 bits per heavy atom. The van der Waals surface area contributed by atoms with Crippen LogP contribution in [0.25, 0.3) is 0 Å². The number of halogens is 1. The smallest absolute Gasteiger partial charge is 0.309 e. The second kappa shape index (κ2) is 9.83. The molecular weight excluding hydrogens is 370 g/mol. The highest BCUT2D eigenvalue weighted by Gasteiger charge is 2.11. The fourth-order valence-corrected chi connectivity index (χ4v) is 2.46. The first-order chi connectivity index (χ1) is 12.9. The molecule has 7 heteroatoms. The summed E-state index contributed by atoms with van der Waals surface area (Å²) in [6.45, 7) is 3.67. The number of ether oxygens (including phenoxy) is 3. The van der Waals surface area contributed by atoms with Gasteiger partial charge in [-0.05, 0) is 49.2 Å². The fourth-order valence-electron chi connectivity index (χ4n) is 2.29. The topological polar surface area (TPSA) is 73.9 Å². The Bertz CT molecular complexity index is 822. The number of hydrogen-bond donors (Lipinski definition) is 1. The molecule has 144 valence electrons. The molecule has 1 amide bonds. The lowest BCUT2D eigenvalue weighted by Crippen LogP contribution is -2.22. The van der Waals surface area contributed by atoms with Crippen LogP contribution >= 0.6 is 11.6 Å². The molecular formula is C20H22ClNO5. The molecule has 27 heavy (non-hydrogen) atoms. The van der Waals surface area contributed by atoms with Crippen LogP contribution in [0.3, 0.4) is 0 Å². The van der Waals surface area contributed by atoms with Crippen LogP contribution in [-0.2, 0) is 14.3 Å². The van der Waals surface area contributed by atoms with Crippen LogP contribution < -0.4 is 14.8 Å². The zero-order valence-electron chi connectivity index (χ0n) is 15.5. The van der Waals surface area contributed by atoms with Gasteiger partial charge in [0.15, 0.2) is 6.61 Å². The lowest BCUT2D eigenvalue weighted by Gasteiger charge is -2.11. The summed E-state index contributed by atoms with van der Waals surface area (Å²) in [5, 5.41) is 3.05. The molecule has 0 fully saturated rings. The van der Waals surface area contributed by atoms with Crippen LogP contribution in [0.2, 0.25) is 5.02 Å². The van der Waals surface area contributed by atoms with Crippen LogP contribution in [-0.4, -0.2) is 32.2 Å². The summed E-state index contributed by atoms with van der Waals surface area (Å²) in [6, 6.07) is 10.7. The third kappa shape index (κ3) is 6.49. The molecule has 0 aliphatic carbocycles. The van der Waals surface area contributed by atoms with E-state index in [0.717, 1.165) is 16.9 Å². The molecule has 2 aromatic carbocycles. The third-order valence-corrected chi connectivity index (χ3v) is 3.94. The number of carbonyl (C=O) groups is 2. The minimum Gasteiger partial charge on any atom is -0.495 e. The Morgan fingerprint density at radius 1 is 1.07 bits per heavy atom. The van der Waals surface area contributed by atoms with Gasteiger partial charge in [-0.1, -0.05) is 23.7 Å². The molecule has 0 aliphatic heterocycles. The van der Waals surface area contributed by atoms with Crippen molar-refractivity contribution in [1.29, 1.82) is 0 Å². The van der Waals surface area contributed by atoms with E-state index >= 15 is 0 Å². The average molecular weight is 392 g/mol. The Balaban J connectivity index is 1.76. The summed E-state index contributed by atoms with van der Waals surface area (Å²) < 4.78 is 15.7. The lowest BCUT2D eigenvalue weighted by atomic mass is 10.1. The van der Waals surface area contributed by atoms with Crippen LogP contribution in [0.15, 0.2) is 36.4 Å². The zero-order valence-corrected chi connectivity index (χ0v) is 16.3. The van der Waals surface area contributed by atoms with Gasteiger partial charge in [0.2, 0.25) is 0 Å². The van der Waals surface area contributed by atoms with Crippen molar-refractivity contribution >= 4 is 29.2 Å². The molecule has 6 nitrogen and oxygen atoms in total. The van der Waals surface area contributed by atoms with Crippen molar-refractivity contribution < 1.29 is 23.8 Å². The maximum Gasteiger partial charge on any atom is 0.309 e. The molecule has 0 radical (unpaired) electrons. The first-order valence-corrected chi connectivity index (χ1v) is 8.76. The number of rotatable bonds is 8. The fraction of sp³-hybridized carbons (Fsp3) is 0.300. The average Bonchev–Trinajstić information content (AvgIpc) is 2.63. The number of anilines is 1. The number of benzene rings is 2. The lowest BCUT2D eigenvalue weighted by molar-refractivity contribution is -0.147. The molecule has 0 saturated carbocycles. The van der Waals surface area contributed by atoms with Gasteiger partial charge in [-0.15, -0.1) is 0 Å². The van der Waals surface area contributed by atoms with Crippen LogP contribution in [0, 0.1) is 13.8 Å². The molecule has 1 N–H and O–H groups in total. The first-order valence-electron chi connectivity index (χ1n) is 8.38. The van der Waals surface area contributed by atoms with E-state index in [2.05, 4.69) is 5.32 Å². The molecule has 0 heterocycles. The SMILES string of the molecule is COc1ccc(Cl)cc1NC(=O)COC(=O)CCOc1cc(C)ccc1C. The Labute approximate surface area is 163 Å². The van der Waals surface area contributed by atoms with Gasteiger partial charge in [0.05, 0.1) is 25.8 Å². The quantitative estimate of drug-likeness (QED) is 0.690. The van der Waals surface area contributed by atoms with Gasteiger partial charge in [0.1, 0.15) is 11.5 Å². The van der Waals surface area contributed by atoms with Crippen molar-refractivity contribution in [3.05, 3.63) is 52.5 Å². The normalized spacial score (nSPS) is 10.2. The molecule has 0 unspecified atom stereocenters. The van der Waals surface area contributed by atoms with Crippen LogP contribution in [0.4, 0.5) is 5.69 Å². The van der Waals surface area contributed by atoms with Gasteiger partial charge >= 0.3 is 5.97 Å². The zero-order chi connectivity index (χ0) is 19.8. The van der Waals surface area contributed by atoms with E-state index in [-0.39, 0.29) is 13.0 Å². The predicted molar refractivity (Wildman–Crippen MR) is 104 cm³/mol. The van der Waals surface area contributed by atoms with Gasteiger partial charge in [0, 0.05) is 5.02 Å². The number of nitrogens with one attached hydrogen (secondary N) is 1. The van der Waals surface area contributed by atoms with Gasteiger partial charge in [-0.25, -0.2) is 0 Å². The molecule has 0 atom stereocenters. The summed E-state index contributed by atoms with van der Waals surface area (Å²) in [5.41, 5.74) is 2.47. The monoisotopic (exact) mass is 391 g/mol. The standard InChI is InChI=1S/C20H22ClNO5/c1-13-4-5-14(2)18(10-13)26-9-8-20(24)27-12-19(23)22-16-11-15(21)6-7-17(16)25-3/h4-7,10-11H,8-9,12H2,1-3H3,(H,22,23).